The molecule has 0 aliphatic carbocycles. The number of hydrogen-bond donors (Lipinski definition) is 0. The van der Waals surface area contributed by atoms with E-state index in [-0.39, 0.29) is 12.1 Å². The van der Waals surface area contributed by atoms with Gasteiger partial charge in [0, 0.05) is 13.1 Å². The first-order valence-corrected chi connectivity index (χ1v) is 10.7. The number of tetrazole rings is 1. The van der Waals surface area contributed by atoms with E-state index in [4.69, 9.17) is 4.74 Å². The van der Waals surface area contributed by atoms with Crippen molar-refractivity contribution >= 4 is 0 Å². The van der Waals surface area contributed by atoms with E-state index < -0.39 is 0 Å². The fourth-order valence-corrected chi connectivity index (χ4v) is 4.30. The smallest absolute Gasteiger partial charge is 0.174 e. The predicted octanol–water partition coefficient (Wildman–Crippen LogP) is 3.73. The van der Waals surface area contributed by atoms with Gasteiger partial charge in [0.2, 0.25) is 0 Å². The number of rotatable bonds is 6. The van der Waals surface area contributed by atoms with E-state index in [9.17, 15) is 0 Å². The summed E-state index contributed by atoms with van der Waals surface area (Å²) in [7, 11) is 0. The Bertz CT molecular complexity index is 1040. The second-order valence-corrected chi connectivity index (χ2v) is 7.67. The lowest BCUT2D eigenvalue weighted by Gasteiger charge is -2.34. The second kappa shape index (κ2) is 9.20. The molecule has 0 spiro atoms. The van der Waals surface area contributed by atoms with Crippen LogP contribution in [0.1, 0.15) is 34.6 Å². The first-order chi connectivity index (χ1) is 15.4. The Balaban J connectivity index is 1.64. The molecule has 3 aromatic carbocycles. The van der Waals surface area contributed by atoms with Crippen molar-refractivity contribution in [3.8, 4) is 0 Å². The van der Waals surface area contributed by atoms with Crippen LogP contribution in [0.25, 0.3) is 0 Å². The van der Waals surface area contributed by atoms with Gasteiger partial charge in [-0.05, 0) is 27.1 Å². The van der Waals surface area contributed by atoms with Gasteiger partial charge in [-0.15, -0.1) is 5.10 Å². The van der Waals surface area contributed by atoms with E-state index in [1.807, 2.05) is 22.9 Å². The molecule has 0 N–H and O–H groups in total. The molecule has 1 aliphatic rings. The zero-order valence-corrected chi connectivity index (χ0v) is 17.3. The van der Waals surface area contributed by atoms with Crippen molar-refractivity contribution in [1.29, 1.82) is 0 Å². The molecule has 0 saturated carbocycles. The van der Waals surface area contributed by atoms with Gasteiger partial charge in [-0.1, -0.05) is 91.0 Å². The normalized spacial score (nSPS) is 15.8. The van der Waals surface area contributed by atoms with Gasteiger partial charge in [0.1, 0.15) is 6.04 Å². The number of aromatic nitrogens is 4. The summed E-state index contributed by atoms with van der Waals surface area (Å²) in [5.74, 6) is 0.839. The third-order valence-corrected chi connectivity index (χ3v) is 5.76. The fourth-order valence-electron chi connectivity index (χ4n) is 4.30. The number of morpholine rings is 1. The Morgan fingerprint density at radius 3 is 1.65 bits per heavy atom. The predicted molar refractivity (Wildman–Crippen MR) is 119 cm³/mol. The lowest BCUT2D eigenvalue weighted by Crippen LogP contribution is -2.41. The van der Waals surface area contributed by atoms with Crippen LogP contribution in [0.15, 0.2) is 91.0 Å². The Labute approximate surface area is 182 Å². The Kier molecular flexibility index (Phi) is 5.82. The summed E-state index contributed by atoms with van der Waals surface area (Å²) in [6, 6.07) is 31.2. The van der Waals surface area contributed by atoms with Gasteiger partial charge in [0.05, 0.1) is 19.3 Å². The molecule has 31 heavy (non-hydrogen) atoms. The topological polar surface area (TPSA) is 56.1 Å². The molecule has 1 atom stereocenters. The molecule has 6 heteroatoms. The van der Waals surface area contributed by atoms with Gasteiger partial charge >= 0.3 is 0 Å². The molecule has 5 rings (SSSR count). The molecular weight excluding hydrogens is 386 g/mol. The van der Waals surface area contributed by atoms with E-state index in [2.05, 4.69) is 93.2 Å². The van der Waals surface area contributed by atoms with Crippen LogP contribution in [0.4, 0.5) is 0 Å². The fraction of sp³-hybridized carbons (Fsp3) is 0.240. The van der Waals surface area contributed by atoms with E-state index in [1.54, 1.807) is 0 Å². The van der Waals surface area contributed by atoms with Crippen LogP contribution in [-0.4, -0.2) is 51.4 Å². The van der Waals surface area contributed by atoms with E-state index >= 15 is 0 Å². The van der Waals surface area contributed by atoms with Crippen LogP contribution in [0.2, 0.25) is 0 Å². The van der Waals surface area contributed by atoms with Gasteiger partial charge in [-0.3, -0.25) is 4.90 Å². The summed E-state index contributed by atoms with van der Waals surface area (Å²) in [4.78, 5) is 2.41. The zero-order chi connectivity index (χ0) is 20.9. The average molecular weight is 412 g/mol. The highest BCUT2D eigenvalue weighted by atomic mass is 16.5. The first kappa shape index (κ1) is 19.6. The molecule has 1 aliphatic heterocycles. The SMILES string of the molecule is c1ccc(C(c2ccccc2)n2nnnc2[C@H](c2ccccc2)N2CCOCC2)cc1. The summed E-state index contributed by atoms with van der Waals surface area (Å²) in [6.45, 7) is 3.11. The maximum absolute atomic E-state index is 5.62. The van der Waals surface area contributed by atoms with Crippen molar-refractivity contribution in [1.82, 2.24) is 25.1 Å². The molecule has 0 amide bonds. The molecule has 2 heterocycles. The molecule has 0 bridgehead atoms. The summed E-state index contributed by atoms with van der Waals surface area (Å²) >= 11 is 0. The van der Waals surface area contributed by atoms with Gasteiger partial charge in [0.25, 0.3) is 0 Å². The molecule has 6 nitrogen and oxygen atoms in total. The third kappa shape index (κ3) is 4.13. The van der Waals surface area contributed by atoms with Gasteiger partial charge in [-0.2, -0.15) is 0 Å². The van der Waals surface area contributed by atoms with Crippen LogP contribution in [0, 0.1) is 0 Å². The minimum Gasteiger partial charge on any atom is -0.379 e. The second-order valence-electron chi connectivity index (χ2n) is 7.67. The van der Waals surface area contributed by atoms with Crippen molar-refractivity contribution in [2.45, 2.75) is 12.1 Å². The van der Waals surface area contributed by atoms with E-state index in [0.717, 1.165) is 30.0 Å². The van der Waals surface area contributed by atoms with Crippen LogP contribution in [0.3, 0.4) is 0 Å². The van der Waals surface area contributed by atoms with Gasteiger partial charge in [-0.25, -0.2) is 4.68 Å². The van der Waals surface area contributed by atoms with Crippen molar-refractivity contribution in [3.05, 3.63) is 114 Å². The highest BCUT2D eigenvalue weighted by Gasteiger charge is 2.32. The Morgan fingerprint density at radius 2 is 1.13 bits per heavy atom. The van der Waals surface area contributed by atoms with Crippen LogP contribution in [0.5, 0.6) is 0 Å². The summed E-state index contributed by atoms with van der Waals surface area (Å²) in [5, 5.41) is 13.2. The number of nitrogens with zero attached hydrogens (tertiary/aromatic N) is 5. The van der Waals surface area contributed by atoms with Gasteiger partial charge < -0.3 is 4.74 Å². The average Bonchev–Trinajstić information content (AvgIpc) is 3.31. The number of hydrogen-bond acceptors (Lipinski definition) is 5. The number of ether oxygens (including phenoxy) is 1. The van der Waals surface area contributed by atoms with Crippen LogP contribution < -0.4 is 0 Å². The Morgan fingerprint density at radius 1 is 0.645 bits per heavy atom. The molecule has 1 fully saturated rings. The van der Waals surface area contributed by atoms with Crippen LogP contribution in [-0.2, 0) is 4.74 Å². The quantitative estimate of drug-likeness (QED) is 0.484. The van der Waals surface area contributed by atoms with Crippen molar-refractivity contribution < 1.29 is 4.74 Å². The largest absolute Gasteiger partial charge is 0.379 e. The standard InChI is InChI=1S/C25H25N5O/c1-4-10-20(11-5-1)23(21-12-6-2-7-13-21)30-25(26-27-28-30)24(22-14-8-3-9-15-22)29-16-18-31-19-17-29/h1-15,23-24H,16-19H2/t24-/m0/s1. The Hall–Kier alpha value is -3.35. The van der Waals surface area contributed by atoms with Crippen molar-refractivity contribution in [2.24, 2.45) is 0 Å². The maximum Gasteiger partial charge on any atom is 0.174 e. The molecule has 1 aromatic heterocycles. The summed E-state index contributed by atoms with van der Waals surface area (Å²) < 4.78 is 7.60. The first-order valence-electron chi connectivity index (χ1n) is 10.7. The lowest BCUT2D eigenvalue weighted by molar-refractivity contribution is 0.0215. The zero-order valence-electron chi connectivity index (χ0n) is 17.3. The van der Waals surface area contributed by atoms with Crippen molar-refractivity contribution in [2.75, 3.05) is 26.3 Å². The molecular formula is C25H25N5O. The minimum atomic E-state index is -0.111. The molecule has 156 valence electrons. The third-order valence-electron chi connectivity index (χ3n) is 5.76. The highest BCUT2D eigenvalue weighted by Crippen LogP contribution is 2.33. The molecule has 0 unspecified atom stereocenters. The van der Waals surface area contributed by atoms with Crippen LogP contribution >= 0.6 is 0 Å². The number of benzene rings is 3. The molecule has 0 radical (unpaired) electrons. The monoisotopic (exact) mass is 411 g/mol. The maximum atomic E-state index is 5.62. The van der Waals surface area contributed by atoms with Crippen molar-refractivity contribution in [3.63, 3.8) is 0 Å². The molecule has 4 aromatic rings. The lowest BCUT2D eigenvalue weighted by atomic mass is 9.97. The summed E-state index contributed by atoms with van der Waals surface area (Å²) in [6.07, 6.45) is 0. The minimum absolute atomic E-state index is 0.0463. The van der Waals surface area contributed by atoms with E-state index in [0.29, 0.717) is 13.2 Å². The summed E-state index contributed by atoms with van der Waals surface area (Å²) in [5.41, 5.74) is 3.48. The van der Waals surface area contributed by atoms with Gasteiger partial charge in [0.15, 0.2) is 5.82 Å². The van der Waals surface area contributed by atoms with E-state index in [1.165, 1.54) is 5.56 Å². The molecule has 1 saturated heterocycles. The highest BCUT2D eigenvalue weighted by molar-refractivity contribution is 5.34.